The van der Waals surface area contributed by atoms with Crippen molar-refractivity contribution in [1.29, 1.82) is 0 Å². The molecule has 26 heavy (non-hydrogen) atoms. The Bertz CT molecular complexity index is 836. The summed E-state index contributed by atoms with van der Waals surface area (Å²) in [4.78, 5) is 40.8. The lowest BCUT2D eigenvalue weighted by atomic mass is 9.87. The number of rotatable bonds is 6. The summed E-state index contributed by atoms with van der Waals surface area (Å²) in [6.45, 7) is 2.12. The van der Waals surface area contributed by atoms with Gasteiger partial charge in [0, 0.05) is 12.6 Å². The normalized spacial score (nSPS) is 20.0. The maximum atomic E-state index is 12.2. The van der Waals surface area contributed by atoms with Crippen LogP contribution in [0.5, 0.6) is 0 Å². The molecule has 3 rings (SSSR count). The van der Waals surface area contributed by atoms with Gasteiger partial charge in [-0.05, 0) is 43.0 Å². The highest BCUT2D eigenvalue weighted by Gasteiger charge is 2.20. The zero-order valence-electron chi connectivity index (χ0n) is 14.8. The lowest BCUT2D eigenvalue weighted by Gasteiger charge is -2.26. The van der Waals surface area contributed by atoms with Crippen molar-refractivity contribution in [3.05, 3.63) is 28.1 Å². The number of aromatic nitrogens is 2. The van der Waals surface area contributed by atoms with E-state index in [9.17, 15) is 14.4 Å². The molecule has 2 aromatic heterocycles. The number of hydrogen-bond donors (Lipinski definition) is 1. The van der Waals surface area contributed by atoms with Gasteiger partial charge in [0.05, 0.1) is 18.1 Å². The number of amides is 1. The van der Waals surface area contributed by atoms with Crippen LogP contribution in [0.3, 0.4) is 0 Å². The first-order valence-corrected chi connectivity index (χ1v) is 9.78. The Morgan fingerprint density at radius 1 is 1.35 bits per heavy atom. The summed E-state index contributed by atoms with van der Waals surface area (Å²) in [6, 6.07) is 1.90. The van der Waals surface area contributed by atoms with Crippen LogP contribution in [0, 0.1) is 5.92 Å². The molecule has 0 radical (unpaired) electrons. The number of thiophene rings is 1. The summed E-state index contributed by atoms with van der Waals surface area (Å²) < 4.78 is 6.40. The van der Waals surface area contributed by atoms with Crippen molar-refractivity contribution in [2.75, 3.05) is 6.61 Å². The Balaban J connectivity index is 1.41. The molecular formula is C18H23N3O4S. The van der Waals surface area contributed by atoms with Crippen LogP contribution in [0.2, 0.25) is 0 Å². The number of nitrogens with zero attached hydrogens (tertiary/aromatic N) is 2. The van der Waals surface area contributed by atoms with E-state index in [0.717, 1.165) is 25.7 Å². The number of fused-ring (bicyclic) bond motifs is 1. The second-order valence-corrected chi connectivity index (χ2v) is 7.71. The molecule has 1 fully saturated rings. The third-order valence-electron chi connectivity index (χ3n) is 4.75. The molecule has 2 aromatic rings. The van der Waals surface area contributed by atoms with E-state index >= 15 is 0 Å². The van der Waals surface area contributed by atoms with E-state index in [1.807, 2.05) is 5.38 Å². The van der Waals surface area contributed by atoms with Gasteiger partial charge in [-0.25, -0.2) is 4.98 Å². The first-order chi connectivity index (χ1) is 12.5. The van der Waals surface area contributed by atoms with Crippen LogP contribution < -0.4 is 10.9 Å². The number of hydrogen-bond acceptors (Lipinski definition) is 6. The molecule has 1 saturated carbocycles. The van der Waals surface area contributed by atoms with Gasteiger partial charge in [0.15, 0.2) is 6.61 Å². The zero-order chi connectivity index (χ0) is 18.5. The SMILES string of the molecule is CC1CCC(NC(=O)COC(=O)CCn2cnc3sccc3c2=O)CC1. The van der Waals surface area contributed by atoms with E-state index in [2.05, 4.69) is 17.2 Å². The molecule has 7 nitrogen and oxygen atoms in total. The average molecular weight is 377 g/mol. The van der Waals surface area contributed by atoms with Crippen molar-refractivity contribution < 1.29 is 14.3 Å². The van der Waals surface area contributed by atoms with Gasteiger partial charge in [0.25, 0.3) is 11.5 Å². The number of carbonyl (C=O) groups is 2. The highest BCUT2D eigenvalue weighted by molar-refractivity contribution is 7.16. The highest BCUT2D eigenvalue weighted by atomic mass is 32.1. The minimum Gasteiger partial charge on any atom is -0.456 e. The lowest BCUT2D eigenvalue weighted by molar-refractivity contribution is -0.149. The highest BCUT2D eigenvalue weighted by Crippen LogP contribution is 2.23. The van der Waals surface area contributed by atoms with E-state index in [1.54, 1.807) is 6.07 Å². The molecule has 2 heterocycles. The molecule has 0 unspecified atom stereocenters. The van der Waals surface area contributed by atoms with Crippen molar-refractivity contribution in [1.82, 2.24) is 14.9 Å². The van der Waals surface area contributed by atoms with Crippen LogP contribution in [-0.2, 0) is 20.9 Å². The van der Waals surface area contributed by atoms with E-state index in [-0.39, 0.29) is 37.1 Å². The summed E-state index contributed by atoms with van der Waals surface area (Å²) in [7, 11) is 0. The molecule has 0 aliphatic heterocycles. The van der Waals surface area contributed by atoms with E-state index in [4.69, 9.17) is 4.74 Å². The number of aryl methyl sites for hydroxylation is 1. The Hall–Kier alpha value is -2.22. The number of ether oxygens (including phenoxy) is 1. The summed E-state index contributed by atoms with van der Waals surface area (Å²) in [5.74, 6) is -0.0571. The molecule has 0 bridgehead atoms. The van der Waals surface area contributed by atoms with E-state index in [1.165, 1.54) is 22.2 Å². The maximum Gasteiger partial charge on any atom is 0.308 e. The van der Waals surface area contributed by atoms with Crippen LogP contribution in [0.4, 0.5) is 0 Å². The van der Waals surface area contributed by atoms with Crippen molar-refractivity contribution >= 4 is 33.4 Å². The van der Waals surface area contributed by atoms with Gasteiger partial charge in [-0.1, -0.05) is 6.92 Å². The zero-order valence-corrected chi connectivity index (χ0v) is 15.6. The van der Waals surface area contributed by atoms with Crippen molar-refractivity contribution in [3.8, 4) is 0 Å². The van der Waals surface area contributed by atoms with Gasteiger partial charge in [0.1, 0.15) is 4.83 Å². The monoisotopic (exact) mass is 377 g/mol. The van der Waals surface area contributed by atoms with E-state index in [0.29, 0.717) is 16.1 Å². The predicted octanol–water partition coefficient (Wildman–Crippen LogP) is 2.09. The Kier molecular flexibility index (Phi) is 6.03. The average Bonchev–Trinajstić information content (AvgIpc) is 3.11. The van der Waals surface area contributed by atoms with Gasteiger partial charge >= 0.3 is 5.97 Å². The number of esters is 1. The number of nitrogens with one attached hydrogen (secondary N) is 1. The molecular weight excluding hydrogens is 354 g/mol. The fourth-order valence-corrected chi connectivity index (χ4v) is 3.88. The van der Waals surface area contributed by atoms with Crippen LogP contribution in [0.25, 0.3) is 10.2 Å². The summed E-state index contributed by atoms with van der Waals surface area (Å²) in [6.07, 6.45) is 5.63. The van der Waals surface area contributed by atoms with Gasteiger partial charge in [-0.15, -0.1) is 11.3 Å². The van der Waals surface area contributed by atoms with Crippen molar-refractivity contribution in [2.24, 2.45) is 5.92 Å². The fraction of sp³-hybridized carbons (Fsp3) is 0.556. The standard InChI is InChI=1S/C18H23N3O4S/c1-12-2-4-13(5-3-12)20-15(22)10-25-16(23)6-8-21-11-19-17-14(18(21)24)7-9-26-17/h7,9,11-13H,2-6,8,10H2,1H3,(H,20,22). The molecule has 140 valence electrons. The van der Waals surface area contributed by atoms with Crippen molar-refractivity contribution in [3.63, 3.8) is 0 Å². The Morgan fingerprint density at radius 3 is 2.88 bits per heavy atom. The topological polar surface area (TPSA) is 90.3 Å². The smallest absolute Gasteiger partial charge is 0.308 e. The molecule has 0 atom stereocenters. The first kappa shape index (κ1) is 18.6. The second kappa shape index (κ2) is 8.44. The molecule has 0 aromatic carbocycles. The second-order valence-electron chi connectivity index (χ2n) is 6.82. The Labute approximate surface area is 155 Å². The van der Waals surface area contributed by atoms with Crippen LogP contribution >= 0.6 is 11.3 Å². The van der Waals surface area contributed by atoms with Crippen LogP contribution in [0.15, 0.2) is 22.6 Å². The molecule has 0 saturated heterocycles. The summed E-state index contributed by atoms with van der Waals surface area (Å²) in [5, 5.41) is 5.27. The quantitative estimate of drug-likeness (QED) is 0.779. The minimum absolute atomic E-state index is 0.0193. The third kappa shape index (κ3) is 4.69. The van der Waals surface area contributed by atoms with E-state index < -0.39 is 5.97 Å². The maximum absolute atomic E-state index is 12.2. The summed E-state index contributed by atoms with van der Waals surface area (Å²) in [5.41, 5.74) is -0.173. The lowest BCUT2D eigenvalue weighted by Crippen LogP contribution is -2.39. The van der Waals surface area contributed by atoms with Gasteiger partial charge in [0.2, 0.25) is 0 Å². The summed E-state index contributed by atoms with van der Waals surface area (Å²) >= 11 is 1.40. The molecule has 0 spiro atoms. The number of carbonyl (C=O) groups excluding carboxylic acids is 2. The molecule has 1 aliphatic carbocycles. The first-order valence-electron chi connectivity index (χ1n) is 8.90. The Morgan fingerprint density at radius 2 is 2.12 bits per heavy atom. The third-order valence-corrected chi connectivity index (χ3v) is 5.57. The molecule has 1 aliphatic rings. The molecule has 1 N–H and O–H groups in total. The van der Waals surface area contributed by atoms with Crippen LogP contribution in [0.1, 0.15) is 39.0 Å². The van der Waals surface area contributed by atoms with Gasteiger partial charge < -0.3 is 10.1 Å². The largest absolute Gasteiger partial charge is 0.456 e. The molecule has 1 amide bonds. The van der Waals surface area contributed by atoms with Gasteiger partial charge in [-0.2, -0.15) is 0 Å². The van der Waals surface area contributed by atoms with Crippen LogP contribution in [-0.4, -0.2) is 34.1 Å². The predicted molar refractivity (Wildman–Crippen MR) is 99.0 cm³/mol. The molecule has 8 heteroatoms. The fourth-order valence-electron chi connectivity index (χ4n) is 3.16. The van der Waals surface area contributed by atoms with Gasteiger partial charge in [-0.3, -0.25) is 19.0 Å². The minimum atomic E-state index is -0.505. The van der Waals surface area contributed by atoms with Crippen molar-refractivity contribution in [2.45, 2.75) is 51.6 Å².